The van der Waals surface area contributed by atoms with Gasteiger partial charge in [-0.25, -0.2) is 4.39 Å². The average molecular weight is 699 g/mol. The van der Waals surface area contributed by atoms with Crippen molar-refractivity contribution in [2.75, 3.05) is 0 Å². The first-order valence-electron chi connectivity index (χ1n) is 12.6. The van der Waals surface area contributed by atoms with Gasteiger partial charge in [0.05, 0.1) is 11.1 Å². The summed E-state index contributed by atoms with van der Waals surface area (Å²) in [6.45, 7) is 2.03. The molecule has 5 heteroatoms. The van der Waals surface area contributed by atoms with Gasteiger partial charge in [-0.05, 0) is 47.6 Å². The van der Waals surface area contributed by atoms with E-state index in [1.807, 2.05) is 104 Å². The van der Waals surface area contributed by atoms with Crippen LogP contribution in [0.5, 0.6) is 0 Å². The van der Waals surface area contributed by atoms with Crippen LogP contribution in [-0.2, 0) is 20.1 Å². The molecule has 0 aliphatic rings. The van der Waals surface area contributed by atoms with Crippen molar-refractivity contribution in [3.8, 4) is 33.6 Å². The molecule has 3 heterocycles. The van der Waals surface area contributed by atoms with Crippen LogP contribution < -0.4 is 0 Å². The molecule has 0 bridgehead atoms. The van der Waals surface area contributed by atoms with E-state index in [2.05, 4.69) is 28.2 Å². The predicted molar refractivity (Wildman–Crippen MR) is 154 cm³/mol. The van der Waals surface area contributed by atoms with Gasteiger partial charge in [-0.2, -0.15) is 0 Å². The van der Waals surface area contributed by atoms with Crippen molar-refractivity contribution in [2.45, 2.75) is 6.92 Å². The van der Waals surface area contributed by atoms with Crippen molar-refractivity contribution in [3.63, 3.8) is 0 Å². The van der Waals surface area contributed by atoms with Crippen LogP contribution in [0.4, 0.5) is 4.39 Å². The van der Waals surface area contributed by atoms with Gasteiger partial charge in [0.25, 0.3) is 0 Å². The normalized spacial score (nSPS) is 10.6. The molecule has 0 fully saturated rings. The molecule has 3 nitrogen and oxygen atoms in total. The first-order chi connectivity index (χ1) is 19.2. The second kappa shape index (κ2) is 12.2. The van der Waals surface area contributed by atoms with E-state index in [0.29, 0.717) is 16.7 Å². The number of aryl methyl sites for hydroxylation is 1. The van der Waals surface area contributed by atoms with Gasteiger partial charge in [0, 0.05) is 37.9 Å². The molecule has 0 saturated carbocycles. The Bertz CT molecular complexity index is 1850. The summed E-state index contributed by atoms with van der Waals surface area (Å²) in [4.78, 5) is 8.72. The van der Waals surface area contributed by atoms with Crippen LogP contribution in [0.3, 0.4) is 0 Å². The van der Waals surface area contributed by atoms with Gasteiger partial charge in [-0.15, -0.1) is 54.1 Å². The molecule has 0 unspecified atom stereocenters. The van der Waals surface area contributed by atoms with E-state index in [-0.39, 0.29) is 25.9 Å². The van der Waals surface area contributed by atoms with E-state index in [9.17, 15) is 4.39 Å². The summed E-state index contributed by atoms with van der Waals surface area (Å²) in [6.07, 6.45) is 3.61. The molecule has 0 spiro atoms. The zero-order chi connectivity index (χ0) is 26.6. The molecule has 0 saturated heterocycles. The zero-order valence-corrected chi connectivity index (χ0v) is 24.0. The van der Waals surface area contributed by atoms with Crippen molar-refractivity contribution >= 4 is 21.9 Å². The molecule has 0 aliphatic heterocycles. The number of rotatable bonds is 3. The fourth-order valence-corrected chi connectivity index (χ4v) is 4.54. The standard InChI is InChI=1S/C23H13FNO.C12H10N.Ir/c24-19-13-12-17-16-9-6-10-18(20-11-4-5-14-25-20)22(16)26-23(17)21(19)15-7-2-1-3-8-15;1-10-7-8-12(13-9-10)11-5-3-2-4-6-11;/h1-9,11-14H;2-5,7-9H,1H3;/q2*-1;. The molecule has 3 aromatic heterocycles. The molecule has 0 amide bonds. The molecule has 0 aliphatic carbocycles. The van der Waals surface area contributed by atoms with Crippen LogP contribution in [-0.4, -0.2) is 9.97 Å². The summed E-state index contributed by atoms with van der Waals surface area (Å²) in [5.41, 5.74) is 7.24. The third-order valence-electron chi connectivity index (χ3n) is 6.43. The van der Waals surface area contributed by atoms with Crippen molar-refractivity contribution in [1.29, 1.82) is 0 Å². The average Bonchev–Trinajstić information content (AvgIpc) is 3.38. The summed E-state index contributed by atoms with van der Waals surface area (Å²) >= 11 is 0. The third-order valence-corrected chi connectivity index (χ3v) is 6.43. The third kappa shape index (κ3) is 5.48. The molecular weight excluding hydrogens is 676 g/mol. The molecule has 0 atom stereocenters. The Balaban J connectivity index is 0.000000195. The monoisotopic (exact) mass is 699 g/mol. The minimum absolute atomic E-state index is 0. The van der Waals surface area contributed by atoms with Gasteiger partial charge >= 0.3 is 0 Å². The fourth-order valence-electron chi connectivity index (χ4n) is 4.54. The molecule has 1 radical (unpaired) electrons. The maximum Gasteiger partial charge on any atom is 0.134 e. The second-order valence-corrected chi connectivity index (χ2v) is 9.07. The number of furan rings is 1. The number of halogens is 1. The van der Waals surface area contributed by atoms with E-state index in [4.69, 9.17) is 4.42 Å². The van der Waals surface area contributed by atoms with E-state index in [1.165, 1.54) is 11.6 Å². The number of benzene rings is 4. The van der Waals surface area contributed by atoms with Gasteiger partial charge in [0.1, 0.15) is 11.4 Å². The van der Waals surface area contributed by atoms with Crippen molar-refractivity contribution in [3.05, 3.63) is 145 Å². The summed E-state index contributed by atoms with van der Waals surface area (Å²) < 4.78 is 20.9. The zero-order valence-electron chi connectivity index (χ0n) is 21.6. The van der Waals surface area contributed by atoms with Crippen LogP contribution in [0.2, 0.25) is 0 Å². The Morgan fingerprint density at radius 1 is 0.675 bits per heavy atom. The minimum Gasteiger partial charge on any atom is -0.500 e. The topological polar surface area (TPSA) is 38.9 Å². The summed E-state index contributed by atoms with van der Waals surface area (Å²) in [5.74, 6) is -0.300. The van der Waals surface area contributed by atoms with Gasteiger partial charge in [-0.3, -0.25) is 0 Å². The van der Waals surface area contributed by atoms with Crippen LogP contribution in [0.1, 0.15) is 5.56 Å². The largest absolute Gasteiger partial charge is 0.500 e. The maximum atomic E-state index is 14.7. The Morgan fingerprint density at radius 2 is 1.48 bits per heavy atom. The quantitative estimate of drug-likeness (QED) is 0.173. The summed E-state index contributed by atoms with van der Waals surface area (Å²) in [5, 5.41) is 1.81. The molecule has 0 N–H and O–H groups in total. The summed E-state index contributed by atoms with van der Waals surface area (Å²) in [7, 11) is 0. The van der Waals surface area contributed by atoms with E-state index < -0.39 is 0 Å². The van der Waals surface area contributed by atoms with Crippen molar-refractivity contribution in [2.24, 2.45) is 0 Å². The smallest absolute Gasteiger partial charge is 0.134 e. The van der Waals surface area contributed by atoms with Crippen LogP contribution in [0.15, 0.2) is 126 Å². The predicted octanol–water partition coefficient (Wildman–Crippen LogP) is 9.11. The Kier molecular flexibility index (Phi) is 8.25. The molecule has 40 heavy (non-hydrogen) atoms. The fraction of sp³-hybridized carbons (Fsp3) is 0.0286. The van der Waals surface area contributed by atoms with E-state index in [1.54, 1.807) is 12.3 Å². The Hall–Kier alpha value is -4.44. The van der Waals surface area contributed by atoms with Crippen LogP contribution >= 0.6 is 0 Å². The van der Waals surface area contributed by atoms with Gasteiger partial charge in [0.15, 0.2) is 0 Å². The first kappa shape index (κ1) is 27.1. The van der Waals surface area contributed by atoms with Crippen LogP contribution in [0, 0.1) is 24.9 Å². The minimum atomic E-state index is -0.300. The van der Waals surface area contributed by atoms with E-state index >= 15 is 0 Å². The Labute approximate surface area is 245 Å². The van der Waals surface area contributed by atoms with Crippen molar-refractivity contribution in [1.82, 2.24) is 9.97 Å². The van der Waals surface area contributed by atoms with Gasteiger partial charge < -0.3 is 14.4 Å². The van der Waals surface area contributed by atoms with E-state index in [0.717, 1.165) is 38.9 Å². The number of pyridine rings is 2. The maximum absolute atomic E-state index is 14.7. The molecule has 4 aromatic carbocycles. The van der Waals surface area contributed by atoms with Crippen molar-refractivity contribution < 1.29 is 28.9 Å². The number of aromatic nitrogens is 2. The number of fused-ring (bicyclic) bond motifs is 3. The van der Waals surface area contributed by atoms with Crippen LogP contribution in [0.25, 0.3) is 55.6 Å². The SMILES string of the molecule is Cc1ccc(-c2[c-]cccc2)nc1.Fc1ccc2c(oc3c(-c4ccccn4)[c-]ccc32)c1-c1ccccc1.[Ir]. The molecule has 197 valence electrons. The number of nitrogens with zero attached hydrogens (tertiary/aromatic N) is 2. The van der Waals surface area contributed by atoms with Gasteiger partial charge in [0.2, 0.25) is 0 Å². The number of hydrogen-bond donors (Lipinski definition) is 0. The Morgan fingerprint density at radius 3 is 2.20 bits per heavy atom. The first-order valence-corrected chi connectivity index (χ1v) is 12.6. The number of hydrogen-bond acceptors (Lipinski definition) is 3. The summed E-state index contributed by atoms with van der Waals surface area (Å²) in [6, 6.07) is 40.5. The molecular formula is C35H23FIrN2O-2. The molecule has 7 aromatic rings. The second-order valence-electron chi connectivity index (χ2n) is 9.07. The molecule has 7 rings (SSSR count). The van der Waals surface area contributed by atoms with Gasteiger partial charge in [-0.1, -0.05) is 65.5 Å².